The van der Waals surface area contributed by atoms with Crippen LogP contribution in [0.5, 0.6) is 0 Å². The minimum absolute atomic E-state index is 0. The molecule has 2 amide bonds. The van der Waals surface area contributed by atoms with Gasteiger partial charge in [-0.3, -0.25) is 19.4 Å². The fourth-order valence-electron chi connectivity index (χ4n) is 9.54. The number of carboxylic acid groups (broad SMARTS) is 1. The molecule has 77 heavy (non-hydrogen) atoms. The summed E-state index contributed by atoms with van der Waals surface area (Å²) in [5.41, 5.74) is 3.12. The molecule has 4 atom stereocenters. The summed E-state index contributed by atoms with van der Waals surface area (Å²) in [6.07, 6.45) is 3.77. The Bertz CT molecular complexity index is 2940. The summed E-state index contributed by atoms with van der Waals surface area (Å²) in [6.45, 7) is 3.03. The van der Waals surface area contributed by atoms with Crippen molar-refractivity contribution in [1.29, 1.82) is 0 Å². The lowest BCUT2D eigenvalue weighted by atomic mass is 9.74. The van der Waals surface area contributed by atoms with Gasteiger partial charge in [-0.2, -0.15) is 0 Å². The van der Waals surface area contributed by atoms with Gasteiger partial charge in [0, 0.05) is 55.0 Å². The first-order valence-corrected chi connectivity index (χ1v) is 25.9. The van der Waals surface area contributed by atoms with Gasteiger partial charge in [0.05, 0.1) is 11.1 Å². The van der Waals surface area contributed by atoms with Gasteiger partial charge in [0.2, 0.25) is 6.29 Å². The number of carboxylic acids is 1. The van der Waals surface area contributed by atoms with Crippen LogP contribution in [0.2, 0.25) is 10.0 Å². The van der Waals surface area contributed by atoms with Gasteiger partial charge in [0.15, 0.2) is 17.1 Å². The Labute approximate surface area is 468 Å². The summed E-state index contributed by atoms with van der Waals surface area (Å²) >= 11 is 18.5. The highest BCUT2D eigenvalue weighted by atomic mass is 35.5. The first kappa shape index (κ1) is 62.5. The first-order valence-electron chi connectivity index (χ1n) is 24.8. The highest BCUT2D eigenvalue weighted by Crippen LogP contribution is 2.44. The highest BCUT2D eigenvalue weighted by Gasteiger charge is 2.50. The second kappa shape index (κ2) is 29.5. The number of nitrogens with zero attached hydrogens (tertiary/aromatic N) is 2. The van der Waals surface area contributed by atoms with E-state index in [9.17, 15) is 28.8 Å². The van der Waals surface area contributed by atoms with E-state index in [1.807, 2.05) is 78.9 Å². The lowest BCUT2D eigenvalue weighted by molar-refractivity contribution is -0.135. The number of benzene rings is 6. The third kappa shape index (κ3) is 16.0. The van der Waals surface area contributed by atoms with Crippen LogP contribution in [0, 0.1) is 0 Å². The van der Waals surface area contributed by atoms with E-state index in [1.165, 1.54) is 29.3 Å². The van der Waals surface area contributed by atoms with Crippen LogP contribution in [0.4, 0.5) is 9.59 Å². The average molecular weight is 1110 g/mol. The Hall–Kier alpha value is -6.99. The molecule has 2 unspecified atom stereocenters. The van der Waals surface area contributed by atoms with Crippen LogP contribution in [0.3, 0.4) is 0 Å². The number of alkyl halides is 1. The van der Waals surface area contributed by atoms with Crippen LogP contribution in [0.25, 0.3) is 0 Å². The summed E-state index contributed by atoms with van der Waals surface area (Å²) in [6, 6.07) is 48.3. The molecule has 0 heterocycles. The van der Waals surface area contributed by atoms with Crippen molar-refractivity contribution < 1.29 is 48.1 Å². The molecule has 2 aliphatic rings. The predicted octanol–water partition coefficient (Wildman–Crippen LogP) is 15.1. The molecule has 0 radical (unpaired) electrons. The van der Waals surface area contributed by atoms with Gasteiger partial charge >= 0.3 is 24.1 Å². The van der Waals surface area contributed by atoms with Crippen LogP contribution in [0.1, 0.15) is 134 Å². The summed E-state index contributed by atoms with van der Waals surface area (Å²) in [7, 11) is 3.09. The fourth-order valence-corrected chi connectivity index (χ4v) is 10.2. The SMILES string of the molecule is C.C.CC(Cl)OC(=O)N(C)[C@]1(c2ccccc2Cl)CCCCC1=O.CC(OC(=O)c1cccc(Cc2ccccc2)c1)OC(=O)N(C)[C@]1(c2ccccc2Cl)CCCCC1=O.O=C(O)c1cccc(Cc2ccccc2)c1. The van der Waals surface area contributed by atoms with E-state index in [4.69, 9.17) is 54.1 Å². The smallest absolute Gasteiger partial charge is 0.413 e. The Balaban J connectivity index is 0.000000271. The van der Waals surface area contributed by atoms with Gasteiger partial charge < -0.3 is 19.3 Å². The number of amides is 2. The number of ketones is 2. The predicted molar refractivity (Wildman–Crippen MR) is 304 cm³/mol. The molecule has 408 valence electrons. The summed E-state index contributed by atoms with van der Waals surface area (Å²) in [5, 5.41) is 9.75. The third-order valence-electron chi connectivity index (χ3n) is 13.3. The van der Waals surface area contributed by atoms with Gasteiger partial charge in [0.25, 0.3) is 0 Å². The fraction of sp³-hybridized carbons (Fsp3) is 0.323. The van der Waals surface area contributed by atoms with E-state index in [0.717, 1.165) is 48.8 Å². The van der Waals surface area contributed by atoms with Gasteiger partial charge in [0.1, 0.15) is 11.1 Å². The maximum atomic E-state index is 13.2. The topological polar surface area (TPSA) is 157 Å². The molecule has 0 saturated heterocycles. The number of hydrogen-bond donors (Lipinski definition) is 1. The standard InChI is InChI=1S/C30H30ClNO5.C16H19Cl2NO3.C14H12O2.2CH4/c1-21(36-28(34)24-14-10-13-23(20-24)19-22-11-4-3-5-12-22)37-29(35)32(2)30(18-9-8-17-27(30)33)25-15-6-7-16-26(25)31;1-11(17)22-15(21)19(2)16(10-6-5-9-14(16)20)12-7-3-4-8-13(12)18;15-14(16)13-8-4-7-12(10-13)9-11-5-2-1-3-6-11;;/h3-7,10-16,20-21H,8-9,17-19H2,1-2H3;3-4,7-8,11H,5-6,9-10H2,1-2H3;1-8,10H,9H2,(H,15,16);2*1H4/t21?,30-;11?,16-;;;/m00.../s1. The van der Waals surface area contributed by atoms with Crippen molar-refractivity contribution in [1.82, 2.24) is 9.80 Å². The van der Waals surface area contributed by atoms with Crippen molar-refractivity contribution in [3.8, 4) is 0 Å². The van der Waals surface area contributed by atoms with Crippen molar-refractivity contribution in [2.45, 2.75) is 116 Å². The van der Waals surface area contributed by atoms with E-state index in [1.54, 1.807) is 92.8 Å². The lowest BCUT2D eigenvalue weighted by Gasteiger charge is -2.43. The average Bonchev–Trinajstić information content (AvgIpc) is 3.40. The highest BCUT2D eigenvalue weighted by molar-refractivity contribution is 6.32. The van der Waals surface area contributed by atoms with E-state index in [-0.39, 0.29) is 26.4 Å². The van der Waals surface area contributed by atoms with Crippen LogP contribution in [-0.4, -0.2) is 76.5 Å². The second-order valence-corrected chi connectivity index (χ2v) is 19.8. The Kier molecular flexibility index (Phi) is 24.0. The van der Waals surface area contributed by atoms with Crippen molar-refractivity contribution in [3.63, 3.8) is 0 Å². The monoisotopic (exact) mass is 1110 g/mol. The zero-order chi connectivity index (χ0) is 54.1. The molecule has 2 aliphatic carbocycles. The normalized spacial score (nSPS) is 17.3. The number of carbonyl (C=O) groups excluding carboxylic acids is 5. The van der Waals surface area contributed by atoms with Gasteiger partial charge in [-0.15, -0.1) is 0 Å². The third-order valence-corrected chi connectivity index (χ3v) is 14.0. The van der Waals surface area contributed by atoms with Crippen LogP contribution >= 0.6 is 34.8 Å². The molecule has 0 aromatic heterocycles. The Morgan fingerprint density at radius 3 is 1.34 bits per heavy atom. The minimum atomic E-state index is -1.23. The number of ether oxygens (including phenoxy) is 3. The number of rotatable bonds is 13. The molecule has 6 aromatic carbocycles. The van der Waals surface area contributed by atoms with E-state index in [0.29, 0.717) is 64.4 Å². The maximum absolute atomic E-state index is 13.2. The molecule has 15 heteroatoms. The molecule has 8 rings (SSSR count). The second-order valence-electron chi connectivity index (χ2n) is 18.4. The summed E-state index contributed by atoms with van der Waals surface area (Å²) in [4.78, 5) is 77.7. The van der Waals surface area contributed by atoms with Gasteiger partial charge in [-0.25, -0.2) is 19.2 Å². The lowest BCUT2D eigenvalue weighted by Crippen LogP contribution is -2.54. The summed E-state index contributed by atoms with van der Waals surface area (Å²) < 4.78 is 15.9. The minimum Gasteiger partial charge on any atom is -0.478 e. The molecule has 1 N–H and O–H groups in total. The molecule has 2 saturated carbocycles. The molecule has 0 spiro atoms. The maximum Gasteiger partial charge on any atom is 0.413 e. The molecule has 2 fully saturated rings. The van der Waals surface area contributed by atoms with Crippen LogP contribution in [0.15, 0.2) is 158 Å². The zero-order valence-electron chi connectivity index (χ0n) is 42.4. The molecule has 0 bridgehead atoms. The van der Waals surface area contributed by atoms with Crippen molar-refractivity contribution in [3.05, 3.63) is 212 Å². The van der Waals surface area contributed by atoms with E-state index >= 15 is 0 Å². The molecule has 6 aromatic rings. The molecule has 0 aliphatic heterocycles. The molecule has 12 nitrogen and oxygen atoms in total. The van der Waals surface area contributed by atoms with Crippen LogP contribution in [-0.2, 0) is 47.7 Å². The van der Waals surface area contributed by atoms with Crippen LogP contribution < -0.4 is 0 Å². The van der Waals surface area contributed by atoms with Crippen molar-refractivity contribution in [2.24, 2.45) is 0 Å². The van der Waals surface area contributed by atoms with E-state index in [2.05, 4.69) is 0 Å². The number of halogens is 3. The van der Waals surface area contributed by atoms with Crippen molar-refractivity contribution in [2.75, 3.05) is 14.1 Å². The largest absolute Gasteiger partial charge is 0.478 e. The molecular weight excluding hydrogens is 1040 g/mol. The number of carbonyl (C=O) groups is 6. The number of hydrogen-bond acceptors (Lipinski definition) is 9. The number of likely N-dealkylation sites (N-methyl/N-ethyl adjacent to an activating group) is 2. The Morgan fingerprint density at radius 1 is 0.532 bits per heavy atom. The van der Waals surface area contributed by atoms with Gasteiger partial charge in [-0.1, -0.05) is 171 Å². The first-order chi connectivity index (χ1) is 36.0. The van der Waals surface area contributed by atoms with Gasteiger partial charge in [-0.05, 0) is 117 Å². The molecular formula is C62H69Cl3N2O10. The van der Waals surface area contributed by atoms with Crippen molar-refractivity contribution >= 4 is 70.5 Å². The number of aromatic carboxylic acids is 1. The summed E-state index contributed by atoms with van der Waals surface area (Å²) in [5.74, 6) is -1.60. The number of Topliss-reactive ketones (excluding diaryl/α,β-unsaturated/α-hetero) is 2. The zero-order valence-corrected chi connectivity index (χ0v) is 44.7. The Morgan fingerprint density at radius 2 is 0.922 bits per heavy atom. The van der Waals surface area contributed by atoms with E-state index < -0.39 is 47.1 Å². The number of esters is 1. The quantitative estimate of drug-likeness (QED) is 0.0671.